The molecule has 1 aromatic heterocycles. The highest BCUT2D eigenvalue weighted by Crippen LogP contribution is 2.34. The number of alkyl halides is 2. The molecule has 0 spiro atoms. The monoisotopic (exact) mass is 1290 g/mol. The number of benzene rings is 2. The zero-order valence-electron chi connectivity index (χ0n) is 52.1. The van der Waals surface area contributed by atoms with E-state index < -0.39 is 84.5 Å². The van der Waals surface area contributed by atoms with Crippen LogP contribution in [0.25, 0.3) is 0 Å². The van der Waals surface area contributed by atoms with Gasteiger partial charge in [-0.25, -0.2) is 13.5 Å². The van der Waals surface area contributed by atoms with Gasteiger partial charge in [0.15, 0.2) is 0 Å². The summed E-state index contributed by atoms with van der Waals surface area (Å²) in [5.41, 5.74) is 5.66. The van der Waals surface area contributed by atoms with Gasteiger partial charge >= 0.3 is 17.9 Å². The average Bonchev–Trinajstić information content (AvgIpc) is 1.78. The number of likely N-dealkylation sites (tertiary alicyclic amines) is 1. The molecule has 4 atom stereocenters. The van der Waals surface area contributed by atoms with Gasteiger partial charge in [0.25, 0.3) is 5.92 Å². The molecule has 0 radical (unpaired) electrons. The van der Waals surface area contributed by atoms with E-state index in [0.29, 0.717) is 57.4 Å². The first-order valence-electron chi connectivity index (χ1n) is 31.3. The summed E-state index contributed by atoms with van der Waals surface area (Å²) in [5.74, 6) is -9.81. The number of nitrogens with zero attached hydrogens (tertiary/aromatic N) is 10. The Bertz CT molecular complexity index is 3030. The summed E-state index contributed by atoms with van der Waals surface area (Å²) < 4.78 is 41.3. The molecular formula is C62H86F2N14O14. The number of aryl methyl sites for hydroxylation is 2. The molecule has 3 saturated heterocycles. The Morgan fingerprint density at radius 1 is 0.772 bits per heavy atom. The van der Waals surface area contributed by atoms with Crippen LogP contribution in [0.4, 0.5) is 8.78 Å². The van der Waals surface area contributed by atoms with E-state index in [1.54, 1.807) is 41.4 Å². The maximum Gasteiger partial charge on any atom is 0.317 e. The minimum Gasteiger partial charge on any atom is -0.480 e. The molecule has 30 heteroatoms. The van der Waals surface area contributed by atoms with Gasteiger partial charge < -0.3 is 55.9 Å². The minimum absolute atomic E-state index is 0.0466. The van der Waals surface area contributed by atoms with Crippen molar-refractivity contribution in [2.45, 2.75) is 121 Å². The molecule has 1 unspecified atom stereocenters. The van der Waals surface area contributed by atoms with Gasteiger partial charge in [0.1, 0.15) is 23.8 Å². The number of unbranched alkanes of at least 4 members (excludes halogenated alkanes) is 1. The van der Waals surface area contributed by atoms with Crippen molar-refractivity contribution in [3.8, 4) is 6.07 Å². The van der Waals surface area contributed by atoms with E-state index in [1.165, 1.54) is 0 Å². The summed E-state index contributed by atoms with van der Waals surface area (Å²) in [6.45, 7) is 4.14. The lowest BCUT2D eigenvalue weighted by molar-refractivity contribution is -0.140. The fourth-order valence-electron chi connectivity index (χ4n) is 11.7. The lowest BCUT2D eigenvalue weighted by atomic mass is 9.99. The van der Waals surface area contributed by atoms with Gasteiger partial charge in [-0.2, -0.15) is 5.26 Å². The minimum atomic E-state index is -3.20. The number of nitriles is 1. The summed E-state index contributed by atoms with van der Waals surface area (Å²) in [7, 11) is 0. The molecule has 0 bridgehead atoms. The van der Waals surface area contributed by atoms with Crippen LogP contribution in [0.15, 0.2) is 48.7 Å². The number of carboxylic acids is 3. The van der Waals surface area contributed by atoms with Gasteiger partial charge in [-0.05, 0) is 74.1 Å². The smallest absolute Gasteiger partial charge is 0.317 e. The van der Waals surface area contributed by atoms with Crippen molar-refractivity contribution in [1.29, 1.82) is 5.26 Å². The predicted molar refractivity (Wildman–Crippen MR) is 325 cm³/mol. The highest BCUT2D eigenvalue weighted by Gasteiger charge is 2.50. The van der Waals surface area contributed by atoms with E-state index in [1.807, 2.05) is 37.3 Å². The Labute approximate surface area is 532 Å². The van der Waals surface area contributed by atoms with Crippen LogP contribution in [0.3, 0.4) is 0 Å². The van der Waals surface area contributed by atoms with Crippen LogP contribution < -0.4 is 21.3 Å². The summed E-state index contributed by atoms with van der Waals surface area (Å²) in [6, 6.07) is 12.3. The third-order valence-electron chi connectivity index (χ3n) is 16.6. The Balaban J connectivity index is 0.832. The molecule has 0 aliphatic carbocycles. The number of hydrogen-bond donors (Lipinski definition) is 7. The second kappa shape index (κ2) is 35.7. The van der Waals surface area contributed by atoms with Gasteiger partial charge in [-0.3, -0.25) is 62.8 Å². The number of hydrogen-bond acceptors (Lipinski definition) is 18. The number of ether oxygens (including phenoxy) is 2. The highest BCUT2D eigenvalue weighted by atomic mass is 19.3. The lowest BCUT2D eigenvalue weighted by Crippen LogP contribution is -2.52. The summed E-state index contributed by atoms with van der Waals surface area (Å²) in [6.07, 6.45) is 4.31. The Kier molecular flexibility index (Phi) is 27.7. The quantitative estimate of drug-likeness (QED) is 0.0407. The molecule has 6 amide bonds. The van der Waals surface area contributed by atoms with Crippen LogP contribution in [0.1, 0.15) is 91.3 Å². The van der Waals surface area contributed by atoms with Crippen molar-refractivity contribution in [1.82, 2.24) is 65.7 Å². The largest absolute Gasteiger partial charge is 0.480 e. The van der Waals surface area contributed by atoms with Crippen molar-refractivity contribution in [3.63, 3.8) is 0 Å². The summed E-state index contributed by atoms with van der Waals surface area (Å²) in [5, 5.41) is 57.9. The molecule has 3 aromatic rings. The van der Waals surface area contributed by atoms with Crippen molar-refractivity contribution in [2.75, 3.05) is 118 Å². The molecule has 0 saturated carbocycles. The third kappa shape index (κ3) is 23.6. The van der Waals surface area contributed by atoms with Gasteiger partial charge in [0, 0.05) is 110 Å². The highest BCUT2D eigenvalue weighted by molar-refractivity contribution is 5.95. The lowest BCUT2D eigenvalue weighted by Gasteiger charge is -2.33. The molecular weight excluding hydrogens is 1200 g/mol. The van der Waals surface area contributed by atoms with Crippen molar-refractivity contribution >= 4 is 53.4 Å². The number of aromatic nitrogens is 3. The van der Waals surface area contributed by atoms with Crippen molar-refractivity contribution < 1.29 is 76.7 Å². The second-order valence-electron chi connectivity index (χ2n) is 24.0. The van der Waals surface area contributed by atoms with Crippen LogP contribution in [-0.4, -0.2) is 255 Å². The molecule has 3 fully saturated rings. The van der Waals surface area contributed by atoms with Crippen LogP contribution >= 0.6 is 0 Å². The maximum atomic E-state index is 14.0. The van der Waals surface area contributed by atoms with Crippen LogP contribution in [0, 0.1) is 24.2 Å². The Morgan fingerprint density at radius 3 is 2.04 bits per heavy atom. The fraction of sp³-hybridized carbons (Fsp3) is 0.613. The normalized spacial score (nSPS) is 19.5. The van der Waals surface area contributed by atoms with E-state index in [2.05, 4.69) is 43.7 Å². The van der Waals surface area contributed by atoms with E-state index >= 15 is 0 Å². The Morgan fingerprint density at radius 2 is 1.40 bits per heavy atom. The third-order valence-corrected chi connectivity index (χ3v) is 16.6. The first kappa shape index (κ1) is 71.4. The molecule has 502 valence electrons. The Hall–Kier alpha value is -8.08. The number of nitrogens with one attached hydrogen (secondary N) is 4. The van der Waals surface area contributed by atoms with Crippen LogP contribution in [0.5, 0.6) is 0 Å². The second-order valence-corrected chi connectivity index (χ2v) is 24.0. The molecule has 7 rings (SSSR count). The number of aliphatic carboxylic acids is 3. The first-order valence-corrected chi connectivity index (χ1v) is 31.3. The van der Waals surface area contributed by atoms with Crippen LogP contribution in [-0.2, 0) is 85.3 Å². The first-order chi connectivity index (χ1) is 44.1. The average molecular weight is 1290 g/mol. The number of carbonyl (C=O) groups is 9. The summed E-state index contributed by atoms with van der Waals surface area (Å²) in [4.78, 5) is 124. The molecule has 28 nitrogen and oxygen atoms in total. The van der Waals surface area contributed by atoms with Crippen molar-refractivity contribution in [2.24, 2.45) is 5.92 Å². The van der Waals surface area contributed by atoms with Gasteiger partial charge in [-0.15, -0.1) is 5.10 Å². The number of amides is 6. The molecule has 2 aromatic carbocycles. The van der Waals surface area contributed by atoms with E-state index in [-0.39, 0.29) is 149 Å². The standard InChI is InChI=1S/C62H86F2N14O14/c1-43-12-14-44(15-13-43)7-4-11-53(79)66-16-3-2-10-51(68-54(80)37-72-18-20-73(38-56(82)83)22-24-75(40-58(86)87)25-23-74(21-19-72)39-57(84)85)60(89)67-17-6-26-91-27-28-92-41-48-35-77(71-70-48)34-46-9-5-8-45-33-76(36-50(45)46)55(81)30-47-29-52(69-59(47)88)61(90)78-42-62(63,64)31-49(78)32-65/h5,8-9,12-15,35,47,49,51-52H,2-4,6-7,10-11,16-31,33-34,36-42H2,1H3,(H,66,79)(H,67,89)(H,68,80)(H,69,88)(H,82,83)(H,84,85)(H,86,87)/t47-,49-,51?,52-/m0/s1. The molecule has 4 aliphatic rings. The van der Waals surface area contributed by atoms with Crippen molar-refractivity contribution in [3.05, 3.63) is 82.2 Å². The molecule has 92 heavy (non-hydrogen) atoms. The molecule has 7 N–H and O–H groups in total. The SMILES string of the molecule is Cc1ccc(CCCC(=O)NCCCCC(NC(=O)CN2CCN(CC(=O)O)CCN(CC(=O)O)CCN(CC(=O)O)CC2)C(=O)NCCCOCCOCc2cn(Cc3cccc4c3CN(C(=O)C[C@@H]3C[C@@H](C(=O)N5CC(F)(F)C[C@H]5C#N)NC3=O)C4)nn2)cc1. The summed E-state index contributed by atoms with van der Waals surface area (Å²) >= 11 is 0. The number of rotatable bonds is 33. The fourth-order valence-corrected chi connectivity index (χ4v) is 11.7. The van der Waals surface area contributed by atoms with Gasteiger partial charge in [0.05, 0.1) is 71.4 Å². The number of carbonyl (C=O) groups excluding carboxylic acids is 6. The zero-order valence-corrected chi connectivity index (χ0v) is 52.1. The topological polar surface area (TPSA) is 355 Å². The number of carboxylic acid groups (broad SMARTS) is 3. The number of halogens is 2. The van der Waals surface area contributed by atoms with Gasteiger partial charge in [0.2, 0.25) is 35.4 Å². The van der Waals surface area contributed by atoms with Crippen LogP contribution in [0.2, 0.25) is 0 Å². The van der Waals surface area contributed by atoms with Gasteiger partial charge in [-0.1, -0.05) is 53.2 Å². The van der Waals surface area contributed by atoms with E-state index in [9.17, 15) is 72.5 Å². The predicted octanol–water partition coefficient (Wildman–Crippen LogP) is 0.441. The van der Waals surface area contributed by atoms with E-state index in [4.69, 9.17) is 9.47 Å². The zero-order chi connectivity index (χ0) is 66.2. The van der Waals surface area contributed by atoms with E-state index in [0.717, 1.165) is 39.1 Å². The molecule has 4 aliphatic heterocycles. The molecule has 5 heterocycles. The maximum absolute atomic E-state index is 14.0. The number of fused-ring (bicyclic) bond motifs is 1.